The first-order valence-electron chi connectivity index (χ1n) is 8.84. The van der Waals surface area contributed by atoms with E-state index in [4.69, 9.17) is 0 Å². The summed E-state index contributed by atoms with van der Waals surface area (Å²) in [5.74, 6) is -0.596. The second kappa shape index (κ2) is 8.92. The highest BCUT2D eigenvalue weighted by atomic mass is 16.2. The third kappa shape index (κ3) is 4.80. The van der Waals surface area contributed by atoms with E-state index in [1.807, 2.05) is 49.3 Å². The first kappa shape index (κ1) is 19.2. The number of aromatic nitrogens is 3. The number of hydrogen-bond acceptors (Lipinski definition) is 5. The van der Waals surface area contributed by atoms with Crippen molar-refractivity contribution in [3.8, 4) is 11.3 Å². The number of rotatable bonds is 7. The van der Waals surface area contributed by atoms with Crippen LogP contribution in [0.1, 0.15) is 16.9 Å². The molecule has 3 rings (SSSR count). The smallest absolute Gasteiger partial charge is 0.275 e. The van der Waals surface area contributed by atoms with Crippen molar-refractivity contribution in [2.24, 2.45) is 0 Å². The molecule has 0 saturated carbocycles. The molecule has 8 heteroatoms. The largest absolute Gasteiger partial charge is 0.323 e. The number of amides is 2. The first-order valence-corrected chi connectivity index (χ1v) is 8.84. The van der Waals surface area contributed by atoms with Crippen LogP contribution in [0, 0.1) is 0 Å². The molecule has 0 bridgehead atoms. The summed E-state index contributed by atoms with van der Waals surface area (Å²) in [6.07, 6.45) is 3.41. The molecule has 3 aromatic rings. The van der Waals surface area contributed by atoms with E-state index in [0.717, 1.165) is 5.56 Å². The molecule has 0 spiro atoms. The minimum Gasteiger partial charge on any atom is -0.323 e. The maximum atomic E-state index is 12.8. The highest BCUT2D eigenvalue weighted by molar-refractivity contribution is 6.09. The standard InChI is InChI=1S/C20H22N6O2/c1-26(2)12-10-17(27)23-16-13-22-25-19(16)20(28)24-15-9-6-11-21-18(15)14-7-4-3-5-8-14/h3-9,11,13H,10,12H2,1-2H3,(H,22,25)(H,23,27)(H,24,28). The van der Waals surface area contributed by atoms with E-state index >= 15 is 0 Å². The van der Waals surface area contributed by atoms with Crippen LogP contribution in [-0.4, -0.2) is 52.5 Å². The van der Waals surface area contributed by atoms with Crippen molar-refractivity contribution >= 4 is 23.2 Å². The van der Waals surface area contributed by atoms with Crippen molar-refractivity contribution in [2.45, 2.75) is 6.42 Å². The van der Waals surface area contributed by atoms with Crippen molar-refractivity contribution in [1.82, 2.24) is 20.1 Å². The lowest BCUT2D eigenvalue weighted by Crippen LogP contribution is -2.22. The van der Waals surface area contributed by atoms with Gasteiger partial charge in [-0.25, -0.2) is 0 Å². The van der Waals surface area contributed by atoms with Crippen LogP contribution in [-0.2, 0) is 4.79 Å². The van der Waals surface area contributed by atoms with Gasteiger partial charge in [-0.15, -0.1) is 0 Å². The van der Waals surface area contributed by atoms with E-state index in [1.54, 1.807) is 18.3 Å². The third-order valence-corrected chi connectivity index (χ3v) is 4.03. The summed E-state index contributed by atoms with van der Waals surface area (Å²) < 4.78 is 0. The molecule has 0 fully saturated rings. The Labute approximate surface area is 163 Å². The molecule has 0 saturated heterocycles. The van der Waals surface area contributed by atoms with Gasteiger partial charge in [0.2, 0.25) is 5.91 Å². The topological polar surface area (TPSA) is 103 Å². The van der Waals surface area contributed by atoms with E-state index in [1.165, 1.54) is 6.20 Å². The quantitative estimate of drug-likeness (QED) is 0.586. The first-order chi connectivity index (χ1) is 13.5. The molecule has 0 aliphatic carbocycles. The van der Waals surface area contributed by atoms with Gasteiger partial charge in [-0.2, -0.15) is 5.10 Å². The zero-order valence-electron chi connectivity index (χ0n) is 15.8. The van der Waals surface area contributed by atoms with Crippen LogP contribution in [0.3, 0.4) is 0 Å². The van der Waals surface area contributed by atoms with E-state index < -0.39 is 5.91 Å². The summed E-state index contributed by atoms with van der Waals surface area (Å²) in [7, 11) is 3.78. The minimum absolute atomic E-state index is 0.182. The highest BCUT2D eigenvalue weighted by Gasteiger charge is 2.18. The van der Waals surface area contributed by atoms with Gasteiger partial charge in [0.05, 0.1) is 23.3 Å². The third-order valence-electron chi connectivity index (χ3n) is 4.03. The lowest BCUT2D eigenvalue weighted by molar-refractivity contribution is -0.116. The molecule has 28 heavy (non-hydrogen) atoms. The predicted octanol–water partition coefficient (Wildman–Crippen LogP) is 2.61. The van der Waals surface area contributed by atoms with E-state index in [0.29, 0.717) is 30.0 Å². The molecule has 0 aliphatic rings. The SMILES string of the molecule is CN(C)CCC(=O)Nc1cn[nH]c1C(=O)Nc1cccnc1-c1ccccc1. The van der Waals surface area contributed by atoms with E-state index in [9.17, 15) is 9.59 Å². The number of benzene rings is 1. The number of nitrogens with zero attached hydrogens (tertiary/aromatic N) is 3. The van der Waals surface area contributed by atoms with E-state index in [-0.39, 0.29) is 11.6 Å². The van der Waals surface area contributed by atoms with Crippen LogP contribution in [0.25, 0.3) is 11.3 Å². The fourth-order valence-corrected chi connectivity index (χ4v) is 2.61. The molecule has 0 atom stereocenters. The Bertz CT molecular complexity index is 952. The van der Waals surface area contributed by atoms with Crippen LogP contribution in [0.4, 0.5) is 11.4 Å². The summed E-state index contributed by atoms with van der Waals surface area (Å²) in [6.45, 7) is 0.612. The lowest BCUT2D eigenvalue weighted by Gasteiger charge is -2.11. The maximum absolute atomic E-state index is 12.8. The van der Waals surface area contributed by atoms with Gasteiger partial charge >= 0.3 is 0 Å². The number of nitrogens with one attached hydrogen (secondary N) is 3. The highest BCUT2D eigenvalue weighted by Crippen LogP contribution is 2.26. The average molecular weight is 378 g/mol. The van der Waals surface area contributed by atoms with E-state index in [2.05, 4.69) is 25.8 Å². The molecule has 8 nitrogen and oxygen atoms in total. The summed E-state index contributed by atoms with van der Waals surface area (Å²) in [6, 6.07) is 13.1. The Morgan fingerprint density at radius 1 is 1.04 bits per heavy atom. The Morgan fingerprint density at radius 2 is 1.82 bits per heavy atom. The average Bonchev–Trinajstić information content (AvgIpc) is 3.15. The lowest BCUT2D eigenvalue weighted by atomic mass is 10.1. The predicted molar refractivity (Wildman–Crippen MR) is 108 cm³/mol. The summed E-state index contributed by atoms with van der Waals surface area (Å²) in [4.78, 5) is 31.1. The van der Waals surface area contributed by atoms with Gasteiger partial charge in [-0.1, -0.05) is 30.3 Å². The normalized spacial score (nSPS) is 10.7. The van der Waals surface area contributed by atoms with Crippen LogP contribution < -0.4 is 10.6 Å². The molecular weight excluding hydrogens is 356 g/mol. The number of aromatic amines is 1. The molecule has 2 heterocycles. The second-order valence-electron chi connectivity index (χ2n) is 6.48. The number of hydrogen-bond donors (Lipinski definition) is 3. The molecule has 2 amide bonds. The molecule has 0 unspecified atom stereocenters. The Morgan fingerprint density at radius 3 is 2.57 bits per heavy atom. The van der Waals surface area contributed by atoms with Crippen LogP contribution in [0.5, 0.6) is 0 Å². The van der Waals surface area contributed by atoms with Gasteiger partial charge < -0.3 is 15.5 Å². The van der Waals surface area contributed by atoms with Crippen molar-refractivity contribution < 1.29 is 9.59 Å². The Hall–Kier alpha value is -3.52. The molecule has 144 valence electrons. The Kier molecular flexibility index (Phi) is 6.13. The molecule has 2 aromatic heterocycles. The van der Waals surface area contributed by atoms with Gasteiger partial charge in [0.25, 0.3) is 5.91 Å². The zero-order chi connectivity index (χ0) is 19.9. The number of pyridine rings is 1. The fraction of sp³-hybridized carbons (Fsp3) is 0.200. The minimum atomic E-state index is -0.411. The van der Waals surface area contributed by atoms with Gasteiger partial charge in [-0.05, 0) is 26.2 Å². The summed E-state index contributed by atoms with van der Waals surface area (Å²) >= 11 is 0. The van der Waals surface area contributed by atoms with Gasteiger partial charge in [0.1, 0.15) is 5.69 Å². The van der Waals surface area contributed by atoms with Crippen LogP contribution >= 0.6 is 0 Å². The molecule has 0 radical (unpaired) electrons. The monoisotopic (exact) mass is 378 g/mol. The number of carbonyl (C=O) groups excluding carboxylic acids is 2. The van der Waals surface area contributed by atoms with Crippen molar-refractivity contribution in [2.75, 3.05) is 31.3 Å². The summed E-state index contributed by atoms with van der Waals surface area (Å²) in [5, 5.41) is 12.1. The summed E-state index contributed by atoms with van der Waals surface area (Å²) in [5.41, 5.74) is 2.64. The maximum Gasteiger partial charge on any atom is 0.275 e. The molecule has 1 aromatic carbocycles. The number of H-pyrrole nitrogens is 1. The van der Waals surface area contributed by atoms with Crippen molar-refractivity contribution in [3.05, 3.63) is 60.6 Å². The van der Waals surface area contributed by atoms with Crippen LogP contribution in [0.2, 0.25) is 0 Å². The van der Waals surface area contributed by atoms with Crippen molar-refractivity contribution in [3.63, 3.8) is 0 Å². The van der Waals surface area contributed by atoms with Gasteiger partial charge in [-0.3, -0.25) is 19.7 Å². The van der Waals surface area contributed by atoms with Crippen LogP contribution in [0.15, 0.2) is 54.9 Å². The molecular formula is C20H22N6O2. The van der Waals surface area contributed by atoms with Gasteiger partial charge in [0, 0.05) is 24.7 Å². The van der Waals surface area contributed by atoms with Gasteiger partial charge in [0.15, 0.2) is 0 Å². The zero-order valence-corrected chi connectivity index (χ0v) is 15.8. The number of carbonyl (C=O) groups is 2. The van der Waals surface area contributed by atoms with Crippen molar-refractivity contribution in [1.29, 1.82) is 0 Å². The Balaban J connectivity index is 1.75. The number of anilines is 2. The molecule has 0 aliphatic heterocycles. The molecule has 3 N–H and O–H groups in total. The second-order valence-corrected chi connectivity index (χ2v) is 6.48. The fourth-order valence-electron chi connectivity index (χ4n) is 2.61.